The number of fused-ring (bicyclic) bond motifs is 1. The van der Waals surface area contributed by atoms with Crippen LogP contribution in [0.4, 0.5) is 8.78 Å². The van der Waals surface area contributed by atoms with Gasteiger partial charge in [0, 0.05) is 30.3 Å². The van der Waals surface area contributed by atoms with Crippen LogP contribution in [0, 0.1) is 11.6 Å². The Morgan fingerprint density at radius 2 is 1.81 bits per heavy atom. The summed E-state index contributed by atoms with van der Waals surface area (Å²) in [6.07, 6.45) is 3.08. The maximum Gasteiger partial charge on any atom is 0.135 e. The molecule has 0 bridgehead atoms. The van der Waals surface area contributed by atoms with Gasteiger partial charge in [-0.15, -0.1) is 0 Å². The minimum absolute atomic E-state index is 0.181. The lowest BCUT2D eigenvalue weighted by Crippen LogP contribution is -1.95. The molecule has 0 unspecified atom stereocenters. The summed E-state index contributed by atoms with van der Waals surface area (Å²) in [6, 6.07) is 7.31. The van der Waals surface area contributed by atoms with Gasteiger partial charge < -0.3 is 4.74 Å². The molecule has 4 aromatic rings. The lowest BCUT2D eigenvalue weighted by molar-refractivity contribution is 0.412. The minimum atomic E-state index is -0.684. The van der Waals surface area contributed by atoms with E-state index < -0.39 is 11.6 Å². The summed E-state index contributed by atoms with van der Waals surface area (Å²) in [7, 11) is 3.25. The highest BCUT2D eigenvalue weighted by molar-refractivity contribution is 9.10. The summed E-state index contributed by atoms with van der Waals surface area (Å²) in [5.41, 5.74) is 1.66. The molecule has 0 amide bonds. The second-order valence-electron chi connectivity index (χ2n) is 5.89. The summed E-state index contributed by atoms with van der Waals surface area (Å²) in [4.78, 5) is 8.64. The van der Waals surface area contributed by atoms with Crippen molar-refractivity contribution in [2.75, 3.05) is 7.11 Å². The average molecular weight is 431 g/mol. The van der Waals surface area contributed by atoms with Crippen molar-refractivity contribution in [3.63, 3.8) is 0 Å². The first-order chi connectivity index (χ1) is 13.0. The lowest BCUT2D eigenvalue weighted by atomic mass is 10.0. The summed E-state index contributed by atoms with van der Waals surface area (Å²) in [6.45, 7) is 0. The molecule has 0 saturated heterocycles. The number of benzene rings is 2. The number of ether oxygens (including phenoxy) is 1. The number of nitrogens with zero attached hydrogens (tertiary/aromatic N) is 4. The Bertz CT molecular complexity index is 1160. The van der Waals surface area contributed by atoms with Crippen LogP contribution >= 0.6 is 15.9 Å². The van der Waals surface area contributed by atoms with Crippen LogP contribution < -0.4 is 4.74 Å². The van der Waals surface area contributed by atoms with Crippen LogP contribution in [0.15, 0.2) is 47.3 Å². The van der Waals surface area contributed by atoms with Gasteiger partial charge in [-0.05, 0) is 34.1 Å². The van der Waals surface area contributed by atoms with E-state index in [2.05, 4.69) is 31.0 Å². The molecule has 4 rings (SSSR count). The molecule has 0 aliphatic carbocycles. The van der Waals surface area contributed by atoms with E-state index in [0.717, 1.165) is 4.47 Å². The summed E-state index contributed by atoms with van der Waals surface area (Å²) >= 11 is 3.45. The van der Waals surface area contributed by atoms with Crippen LogP contribution in [0.25, 0.3) is 33.4 Å². The van der Waals surface area contributed by atoms with E-state index in [4.69, 9.17) is 4.74 Å². The third-order valence-electron chi connectivity index (χ3n) is 4.19. The molecule has 8 heteroatoms. The van der Waals surface area contributed by atoms with Crippen molar-refractivity contribution in [3.8, 4) is 28.3 Å². The molecule has 0 atom stereocenters. The summed E-state index contributed by atoms with van der Waals surface area (Å²) in [5, 5.41) is 4.99. The number of hydrogen-bond acceptors (Lipinski definition) is 4. The van der Waals surface area contributed by atoms with Gasteiger partial charge >= 0.3 is 0 Å². The lowest BCUT2D eigenvalue weighted by Gasteiger charge is -2.09. The molecule has 0 N–H and O–H groups in total. The average Bonchev–Trinajstić information content (AvgIpc) is 3.01. The van der Waals surface area contributed by atoms with Gasteiger partial charge in [-0.25, -0.2) is 18.7 Å². The number of methoxy groups -OCH3 is 1. The fourth-order valence-electron chi connectivity index (χ4n) is 3.00. The Morgan fingerprint density at radius 1 is 1.07 bits per heavy atom. The molecule has 0 spiro atoms. The molecule has 136 valence electrons. The highest BCUT2D eigenvalue weighted by atomic mass is 79.9. The van der Waals surface area contributed by atoms with E-state index in [0.29, 0.717) is 27.9 Å². The zero-order chi connectivity index (χ0) is 19.1. The van der Waals surface area contributed by atoms with Gasteiger partial charge in [0.15, 0.2) is 0 Å². The van der Waals surface area contributed by atoms with Crippen LogP contribution in [-0.2, 0) is 7.05 Å². The maximum absolute atomic E-state index is 14.4. The van der Waals surface area contributed by atoms with Crippen molar-refractivity contribution in [1.29, 1.82) is 0 Å². The molecule has 0 radical (unpaired) electrons. The standard InChI is InChI=1S/C19H13BrF2N4O/c1-26-8-11(19(25-26)17-13(21)4-3-5-14(17)22)18-10-6-12(20)16(27-2)7-15(10)23-9-24-18/h3-9H,1-2H3. The molecule has 27 heavy (non-hydrogen) atoms. The zero-order valence-electron chi connectivity index (χ0n) is 14.4. The number of rotatable bonds is 3. The second kappa shape index (κ2) is 6.70. The smallest absolute Gasteiger partial charge is 0.135 e. The van der Waals surface area contributed by atoms with E-state index in [1.165, 1.54) is 29.2 Å². The molecule has 2 aromatic carbocycles. The van der Waals surface area contributed by atoms with Crippen LogP contribution in [0.3, 0.4) is 0 Å². The number of halogens is 3. The first kappa shape index (κ1) is 17.5. The molecule has 2 heterocycles. The molecule has 2 aromatic heterocycles. The SMILES string of the molecule is COc1cc2ncnc(-c3cn(C)nc3-c3c(F)cccc3F)c2cc1Br. The predicted octanol–water partition coefficient (Wildman–Crippen LogP) is 4.75. The van der Waals surface area contributed by atoms with Crippen molar-refractivity contribution in [2.45, 2.75) is 0 Å². The fraction of sp³-hybridized carbons (Fsp3) is 0.105. The predicted molar refractivity (Wildman–Crippen MR) is 101 cm³/mol. The van der Waals surface area contributed by atoms with Crippen LogP contribution in [0.2, 0.25) is 0 Å². The topological polar surface area (TPSA) is 52.8 Å². The Balaban J connectivity index is 2.02. The van der Waals surface area contributed by atoms with Crippen LogP contribution in [0.1, 0.15) is 0 Å². The van der Waals surface area contributed by atoms with Gasteiger partial charge in [0.05, 0.1) is 28.4 Å². The summed E-state index contributed by atoms with van der Waals surface area (Å²) < 4.78 is 36.3. The molecule has 0 aliphatic heterocycles. The molecular weight excluding hydrogens is 418 g/mol. The number of hydrogen-bond donors (Lipinski definition) is 0. The first-order valence-electron chi connectivity index (χ1n) is 7.96. The number of aryl methyl sites for hydroxylation is 1. The molecule has 0 aliphatic rings. The van der Waals surface area contributed by atoms with E-state index in [9.17, 15) is 8.78 Å². The minimum Gasteiger partial charge on any atom is -0.495 e. The monoisotopic (exact) mass is 430 g/mol. The van der Waals surface area contributed by atoms with Crippen molar-refractivity contribution >= 4 is 26.8 Å². The Labute approximate surface area is 161 Å². The van der Waals surface area contributed by atoms with Crippen molar-refractivity contribution in [2.24, 2.45) is 7.05 Å². The normalized spacial score (nSPS) is 11.1. The van der Waals surface area contributed by atoms with Crippen LogP contribution in [0.5, 0.6) is 5.75 Å². The van der Waals surface area contributed by atoms with Gasteiger partial charge in [-0.1, -0.05) is 6.07 Å². The maximum atomic E-state index is 14.4. The van der Waals surface area contributed by atoms with Crippen molar-refractivity contribution < 1.29 is 13.5 Å². The van der Waals surface area contributed by atoms with E-state index in [-0.39, 0.29) is 11.3 Å². The number of aromatic nitrogens is 4. The Hall–Kier alpha value is -2.87. The van der Waals surface area contributed by atoms with Gasteiger partial charge in [0.2, 0.25) is 0 Å². The van der Waals surface area contributed by atoms with E-state index >= 15 is 0 Å². The summed E-state index contributed by atoms with van der Waals surface area (Å²) in [5.74, 6) is -0.744. The van der Waals surface area contributed by atoms with E-state index in [1.54, 1.807) is 26.4 Å². The highest BCUT2D eigenvalue weighted by Gasteiger charge is 2.22. The largest absolute Gasteiger partial charge is 0.495 e. The van der Waals surface area contributed by atoms with Gasteiger partial charge in [-0.2, -0.15) is 5.10 Å². The van der Waals surface area contributed by atoms with Gasteiger partial charge in [-0.3, -0.25) is 4.68 Å². The third-order valence-corrected chi connectivity index (χ3v) is 4.81. The Kier molecular flexibility index (Phi) is 4.35. The van der Waals surface area contributed by atoms with E-state index in [1.807, 2.05) is 6.07 Å². The molecule has 0 saturated carbocycles. The fourth-order valence-corrected chi connectivity index (χ4v) is 3.50. The third kappa shape index (κ3) is 2.95. The first-order valence-corrected chi connectivity index (χ1v) is 8.75. The molecule has 5 nitrogen and oxygen atoms in total. The van der Waals surface area contributed by atoms with Crippen LogP contribution in [-0.4, -0.2) is 26.9 Å². The highest BCUT2D eigenvalue weighted by Crippen LogP contribution is 2.38. The van der Waals surface area contributed by atoms with Gasteiger partial charge in [0.1, 0.15) is 29.4 Å². The second-order valence-corrected chi connectivity index (χ2v) is 6.74. The Morgan fingerprint density at radius 3 is 2.52 bits per heavy atom. The quantitative estimate of drug-likeness (QED) is 0.470. The van der Waals surface area contributed by atoms with Crippen molar-refractivity contribution in [1.82, 2.24) is 19.7 Å². The molecular formula is C19H13BrF2N4O. The van der Waals surface area contributed by atoms with Crippen molar-refractivity contribution in [3.05, 3.63) is 59.0 Å². The zero-order valence-corrected chi connectivity index (χ0v) is 16.0. The van der Waals surface area contributed by atoms with Gasteiger partial charge in [0.25, 0.3) is 0 Å². The molecule has 0 fully saturated rings.